The Bertz CT molecular complexity index is 1250. The first kappa shape index (κ1) is 20.6. The zero-order valence-electron chi connectivity index (χ0n) is 16.7. The van der Waals surface area contributed by atoms with Crippen LogP contribution in [0.1, 0.15) is 17.3 Å². The lowest BCUT2D eigenvalue weighted by Gasteiger charge is -2.31. The van der Waals surface area contributed by atoms with Gasteiger partial charge in [-0.3, -0.25) is 9.10 Å². The standard InChI is InChI=1S/C23H20N2O5S/c1-2-30-23(27)16-11-13-17(14-12-16)24-22(26)15-25-20-9-5-3-7-18(20)19-8-4-6-10-21(19)31(25,28)29/h3-14H,2,15H2,1H3,(H,24,26). The van der Waals surface area contributed by atoms with Gasteiger partial charge < -0.3 is 10.1 Å². The highest BCUT2D eigenvalue weighted by Crippen LogP contribution is 2.42. The van der Waals surface area contributed by atoms with Crippen molar-refractivity contribution in [3.8, 4) is 11.1 Å². The molecular weight excluding hydrogens is 416 g/mol. The SMILES string of the molecule is CCOC(=O)c1ccc(NC(=O)CN2c3ccccc3-c3ccccc3S2(=O)=O)cc1. The molecule has 0 fully saturated rings. The molecule has 0 atom stereocenters. The Labute approximate surface area is 180 Å². The number of sulfonamides is 1. The van der Waals surface area contributed by atoms with E-state index in [1.165, 1.54) is 12.1 Å². The Balaban J connectivity index is 1.58. The van der Waals surface area contributed by atoms with Gasteiger partial charge in [-0.05, 0) is 43.3 Å². The molecule has 8 heteroatoms. The Kier molecular flexibility index (Phi) is 5.48. The maximum atomic E-state index is 13.2. The Hall–Kier alpha value is -3.65. The molecule has 4 rings (SSSR count). The Morgan fingerprint density at radius 2 is 1.55 bits per heavy atom. The molecule has 1 aliphatic rings. The average molecular weight is 436 g/mol. The number of esters is 1. The van der Waals surface area contributed by atoms with Crippen molar-refractivity contribution >= 4 is 33.3 Å². The van der Waals surface area contributed by atoms with Crippen molar-refractivity contribution in [3.05, 3.63) is 78.4 Å². The predicted molar refractivity (Wildman–Crippen MR) is 117 cm³/mol. The number of carbonyl (C=O) groups is 2. The number of anilines is 2. The summed E-state index contributed by atoms with van der Waals surface area (Å²) in [6, 6.07) is 20.0. The summed E-state index contributed by atoms with van der Waals surface area (Å²) in [5.41, 5.74) is 2.63. The average Bonchev–Trinajstić information content (AvgIpc) is 2.77. The third kappa shape index (κ3) is 3.89. The van der Waals surface area contributed by atoms with Crippen LogP contribution in [-0.2, 0) is 19.6 Å². The quantitative estimate of drug-likeness (QED) is 0.616. The van der Waals surface area contributed by atoms with Crippen LogP contribution >= 0.6 is 0 Å². The fraction of sp³-hybridized carbons (Fsp3) is 0.130. The summed E-state index contributed by atoms with van der Waals surface area (Å²) < 4.78 is 32.5. The second-order valence-electron chi connectivity index (χ2n) is 6.87. The van der Waals surface area contributed by atoms with E-state index >= 15 is 0 Å². The van der Waals surface area contributed by atoms with Crippen LogP contribution in [0.2, 0.25) is 0 Å². The monoisotopic (exact) mass is 436 g/mol. The molecule has 0 saturated carbocycles. The zero-order valence-corrected chi connectivity index (χ0v) is 17.6. The van der Waals surface area contributed by atoms with Gasteiger partial charge in [-0.2, -0.15) is 0 Å². The summed E-state index contributed by atoms with van der Waals surface area (Å²) >= 11 is 0. The van der Waals surface area contributed by atoms with Gasteiger partial charge in [0.05, 0.1) is 22.8 Å². The van der Waals surface area contributed by atoms with E-state index in [1.54, 1.807) is 55.5 Å². The molecule has 1 N–H and O–H groups in total. The van der Waals surface area contributed by atoms with Crippen LogP contribution in [0.5, 0.6) is 0 Å². The second-order valence-corrected chi connectivity index (χ2v) is 8.70. The third-order valence-electron chi connectivity index (χ3n) is 4.89. The fourth-order valence-electron chi connectivity index (χ4n) is 3.49. The first-order chi connectivity index (χ1) is 14.9. The molecule has 7 nitrogen and oxygen atoms in total. The van der Waals surface area contributed by atoms with E-state index in [4.69, 9.17) is 4.74 Å². The number of rotatable bonds is 5. The van der Waals surface area contributed by atoms with Crippen LogP contribution in [-0.4, -0.2) is 33.4 Å². The van der Waals surface area contributed by atoms with E-state index in [2.05, 4.69) is 5.32 Å². The van der Waals surface area contributed by atoms with Crippen molar-refractivity contribution in [3.63, 3.8) is 0 Å². The molecule has 1 heterocycles. The number of hydrogen-bond donors (Lipinski definition) is 1. The van der Waals surface area contributed by atoms with Gasteiger partial charge in [0, 0.05) is 16.8 Å². The summed E-state index contributed by atoms with van der Waals surface area (Å²) in [5, 5.41) is 2.68. The molecule has 1 aliphatic heterocycles. The fourth-order valence-corrected chi connectivity index (χ4v) is 5.14. The lowest BCUT2D eigenvalue weighted by atomic mass is 10.0. The van der Waals surface area contributed by atoms with E-state index in [1.807, 2.05) is 12.1 Å². The van der Waals surface area contributed by atoms with Gasteiger partial charge in [-0.1, -0.05) is 36.4 Å². The molecule has 158 valence electrons. The van der Waals surface area contributed by atoms with Crippen LogP contribution in [0.15, 0.2) is 77.7 Å². The number of amides is 1. The molecule has 3 aromatic carbocycles. The van der Waals surface area contributed by atoms with Crippen LogP contribution in [0.4, 0.5) is 11.4 Å². The van der Waals surface area contributed by atoms with E-state index in [-0.39, 0.29) is 18.0 Å². The number of hydrogen-bond acceptors (Lipinski definition) is 5. The van der Waals surface area contributed by atoms with Crippen molar-refractivity contribution < 1.29 is 22.7 Å². The minimum Gasteiger partial charge on any atom is -0.462 e. The van der Waals surface area contributed by atoms with Crippen molar-refractivity contribution in [2.24, 2.45) is 0 Å². The molecule has 1 amide bonds. The summed E-state index contributed by atoms with van der Waals surface area (Å²) in [4.78, 5) is 24.6. The highest BCUT2D eigenvalue weighted by atomic mass is 32.2. The van der Waals surface area contributed by atoms with Gasteiger partial charge >= 0.3 is 5.97 Å². The summed E-state index contributed by atoms with van der Waals surface area (Å²) in [5.74, 6) is -0.947. The summed E-state index contributed by atoms with van der Waals surface area (Å²) in [7, 11) is -3.90. The minimum atomic E-state index is -3.90. The number of ether oxygens (including phenoxy) is 1. The maximum absolute atomic E-state index is 13.2. The number of nitrogens with one attached hydrogen (secondary N) is 1. The van der Waals surface area contributed by atoms with E-state index in [9.17, 15) is 18.0 Å². The van der Waals surface area contributed by atoms with E-state index < -0.39 is 21.9 Å². The lowest BCUT2D eigenvalue weighted by molar-refractivity contribution is -0.114. The van der Waals surface area contributed by atoms with Crippen LogP contribution in [0.25, 0.3) is 11.1 Å². The van der Waals surface area contributed by atoms with Gasteiger partial charge in [0.15, 0.2) is 0 Å². The number of carbonyl (C=O) groups excluding carboxylic acids is 2. The van der Waals surface area contributed by atoms with Crippen molar-refractivity contribution in [2.45, 2.75) is 11.8 Å². The normalized spacial score (nSPS) is 13.6. The molecule has 0 saturated heterocycles. The van der Waals surface area contributed by atoms with Crippen LogP contribution < -0.4 is 9.62 Å². The minimum absolute atomic E-state index is 0.167. The lowest BCUT2D eigenvalue weighted by Crippen LogP contribution is -2.40. The maximum Gasteiger partial charge on any atom is 0.338 e. The summed E-state index contributed by atoms with van der Waals surface area (Å²) in [6.45, 7) is 1.61. The molecule has 0 unspecified atom stereocenters. The predicted octanol–water partition coefficient (Wildman–Crippen LogP) is 3.68. The molecule has 0 bridgehead atoms. The first-order valence-corrected chi connectivity index (χ1v) is 11.1. The Morgan fingerprint density at radius 3 is 2.26 bits per heavy atom. The van der Waals surface area contributed by atoms with Crippen LogP contribution in [0, 0.1) is 0 Å². The van der Waals surface area contributed by atoms with E-state index in [0.717, 1.165) is 9.87 Å². The smallest absolute Gasteiger partial charge is 0.338 e. The number of nitrogens with zero attached hydrogens (tertiary/aromatic N) is 1. The second kappa shape index (κ2) is 8.23. The number of benzene rings is 3. The third-order valence-corrected chi connectivity index (χ3v) is 6.70. The zero-order chi connectivity index (χ0) is 22.0. The number of fused-ring (bicyclic) bond motifs is 3. The molecule has 0 aromatic heterocycles. The molecule has 31 heavy (non-hydrogen) atoms. The number of para-hydroxylation sites is 1. The molecule has 0 radical (unpaired) electrons. The highest BCUT2D eigenvalue weighted by Gasteiger charge is 2.35. The molecular formula is C23H20N2O5S. The van der Waals surface area contributed by atoms with Gasteiger partial charge in [-0.15, -0.1) is 0 Å². The molecule has 0 spiro atoms. The largest absolute Gasteiger partial charge is 0.462 e. The van der Waals surface area contributed by atoms with Crippen molar-refractivity contribution in [1.29, 1.82) is 0 Å². The molecule has 0 aliphatic carbocycles. The van der Waals surface area contributed by atoms with Gasteiger partial charge in [0.25, 0.3) is 10.0 Å². The van der Waals surface area contributed by atoms with E-state index in [0.29, 0.717) is 22.5 Å². The van der Waals surface area contributed by atoms with Crippen molar-refractivity contribution in [1.82, 2.24) is 0 Å². The van der Waals surface area contributed by atoms with Crippen molar-refractivity contribution in [2.75, 3.05) is 22.8 Å². The first-order valence-electron chi connectivity index (χ1n) is 9.70. The van der Waals surface area contributed by atoms with Gasteiger partial charge in [0.1, 0.15) is 6.54 Å². The summed E-state index contributed by atoms with van der Waals surface area (Å²) in [6.07, 6.45) is 0. The van der Waals surface area contributed by atoms with Gasteiger partial charge in [-0.25, -0.2) is 13.2 Å². The highest BCUT2D eigenvalue weighted by molar-refractivity contribution is 7.93. The Morgan fingerprint density at radius 1 is 0.903 bits per heavy atom. The van der Waals surface area contributed by atoms with Crippen LogP contribution in [0.3, 0.4) is 0 Å². The van der Waals surface area contributed by atoms with Gasteiger partial charge in [0.2, 0.25) is 5.91 Å². The molecule has 3 aromatic rings. The topological polar surface area (TPSA) is 92.8 Å².